The van der Waals surface area contributed by atoms with Gasteiger partial charge in [0.1, 0.15) is 12.3 Å². The lowest BCUT2D eigenvalue weighted by Crippen LogP contribution is -2.47. The number of rotatable bonds is 12. The van der Waals surface area contributed by atoms with Crippen molar-refractivity contribution in [1.82, 2.24) is 14.4 Å². The van der Waals surface area contributed by atoms with Crippen molar-refractivity contribution >= 4 is 11.8 Å². The Kier molecular flexibility index (Phi) is 11.2. The number of hydrogen-bond donors (Lipinski definition) is 0. The zero-order chi connectivity index (χ0) is 32.8. The summed E-state index contributed by atoms with van der Waals surface area (Å²) < 4.78 is 88.2. The van der Waals surface area contributed by atoms with Crippen LogP contribution in [0.15, 0.2) is 60.8 Å². The Bertz CT molecular complexity index is 1400. The van der Waals surface area contributed by atoms with Crippen molar-refractivity contribution in [2.75, 3.05) is 20.2 Å². The van der Waals surface area contributed by atoms with Gasteiger partial charge >= 0.3 is 12.4 Å². The van der Waals surface area contributed by atoms with Crippen LogP contribution in [0.2, 0.25) is 0 Å². The number of amides is 2. The number of nitrogens with zero attached hydrogens (tertiary/aromatic N) is 3. The molecule has 6 nitrogen and oxygen atoms in total. The van der Waals surface area contributed by atoms with Gasteiger partial charge < -0.3 is 19.1 Å². The van der Waals surface area contributed by atoms with Gasteiger partial charge in [-0.05, 0) is 67.3 Å². The summed E-state index contributed by atoms with van der Waals surface area (Å²) in [4.78, 5) is 29.8. The Balaban J connectivity index is 1.91. The minimum atomic E-state index is -5.11. The summed E-state index contributed by atoms with van der Waals surface area (Å²) >= 11 is 0. The quantitative estimate of drug-likeness (QED) is 0.196. The highest BCUT2D eigenvalue weighted by Crippen LogP contribution is 2.36. The number of methoxy groups -OCH3 is 1. The Morgan fingerprint density at radius 2 is 1.55 bits per heavy atom. The standard InChI is InChI=1S/C32H37F6N3O3/c1-6-22(4)41(19-27-10-8-12-39(27)18-23-9-7-11-28(13-23)44-5)29(42)20-40(17-21(2)3)30(43)24-14-25(31(33,34)35)16-26(15-24)32(36,37)38/h7-16,21-22H,6,17-20H2,1-5H3. The van der Waals surface area contributed by atoms with Crippen molar-refractivity contribution in [1.29, 1.82) is 0 Å². The van der Waals surface area contributed by atoms with Crippen LogP contribution in [-0.4, -0.2) is 52.4 Å². The summed E-state index contributed by atoms with van der Waals surface area (Å²) in [7, 11) is 1.57. The van der Waals surface area contributed by atoms with Crippen molar-refractivity contribution in [3.05, 3.63) is 88.7 Å². The van der Waals surface area contributed by atoms with Crippen molar-refractivity contribution in [3.8, 4) is 5.75 Å². The molecule has 0 bridgehead atoms. The molecule has 1 aromatic heterocycles. The topological polar surface area (TPSA) is 54.8 Å². The molecule has 0 saturated carbocycles. The zero-order valence-corrected chi connectivity index (χ0v) is 25.3. The number of alkyl halides is 6. The molecule has 0 aliphatic rings. The number of benzene rings is 2. The van der Waals surface area contributed by atoms with E-state index in [9.17, 15) is 35.9 Å². The predicted molar refractivity (Wildman–Crippen MR) is 154 cm³/mol. The van der Waals surface area contributed by atoms with Crippen LogP contribution in [0.25, 0.3) is 0 Å². The summed E-state index contributed by atoms with van der Waals surface area (Å²) in [5.41, 5.74) is -2.20. The van der Waals surface area contributed by atoms with Crippen LogP contribution in [0.3, 0.4) is 0 Å². The molecule has 1 unspecified atom stereocenters. The van der Waals surface area contributed by atoms with Gasteiger partial charge in [0.15, 0.2) is 0 Å². The number of ether oxygens (including phenoxy) is 1. The van der Waals surface area contributed by atoms with Gasteiger partial charge in [0, 0.05) is 36.6 Å². The number of carbonyl (C=O) groups excluding carboxylic acids is 2. The molecule has 0 spiro atoms. The Labute approximate surface area is 253 Å². The maximum Gasteiger partial charge on any atom is 0.416 e. The van der Waals surface area contributed by atoms with Crippen LogP contribution in [0, 0.1) is 5.92 Å². The van der Waals surface area contributed by atoms with E-state index in [-0.39, 0.29) is 31.1 Å². The molecule has 0 radical (unpaired) electrons. The molecule has 1 atom stereocenters. The van der Waals surface area contributed by atoms with Gasteiger partial charge in [-0.3, -0.25) is 9.59 Å². The molecule has 3 rings (SSSR count). The summed E-state index contributed by atoms with van der Waals surface area (Å²) in [6, 6.07) is 11.7. The Morgan fingerprint density at radius 1 is 0.909 bits per heavy atom. The highest BCUT2D eigenvalue weighted by atomic mass is 19.4. The first-order valence-corrected chi connectivity index (χ1v) is 14.2. The lowest BCUT2D eigenvalue weighted by Gasteiger charge is -2.32. The van der Waals surface area contributed by atoms with Gasteiger partial charge in [-0.25, -0.2) is 0 Å². The fourth-order valence-corrected chi connectivity index (χ4v) is 4.77. The fourth-order valence-electron chi connectivity index (χ4n) is 4.77. The van der Waals surface area contributed by atoms with E-state index >= 15 is 0 Å². The lowest BCUT2D eigenvalue weighted by molar-refractivity contribution is -0.143. The van der Waals surface area contributed by atoms with Crippen molar-refractivity contribution in [2.24, 2.45) is 5.92 Å². The Morgan fingerprint density at radius 3 is 2.09 bits per heavy atom. The van der Waals surface area contributed by atoms with Crippen molar-refractivity contribution in [3.63, 3.8) is 0 Å². The fraction of sp³-hybridized carbons (Fsp3) is 0.438. The van der Waals surface area contributed by atoms with E-state index < -0.39 is 47.4 Å². The molecule has 44 heavy (non-hydrogen) atoms. The van der Waals surface area contributed by atoms with Gasteiger partial charge in [0.25, 0.3) is 5.91 Å². The molecular formula is C32H37F6N3O3. The molecule has 0 saturated heterocycles. The number of aromatic nitrogens is 1. The highest BCUT2D eigenvalue weighted by Gasteiger charge is 2.38. The first-order chi connectivity index (χ1) is 20.5. The number of hydrogen-bond acceptors (Lipinski definition) is 3. The second-order valence-corrected chi connectivity index (χ2v) is 11.1. The number of carbonyl (C=O) groups is 2. The van der Waals surface area contributed by atoms with E-state index in [2.05, 4.69) is 0 Å². The van der Waals surface area contributed by atoms with Gasteiger partial charge in [0.2, 0.25) is 5.91 Å². The summed E-state index contributed by atoms with van der Waals surface area (Å²) in [5.74, 6) is -1.10. The average molecular weight is 626 g/mol. The zero-order valence-electron chi connectivity index (χ0n) is 25.3. The molecule has 0 aliphatic heterocycles. The first kappa shape index (κ1) is 34.5. The van der Waals surface area contributed by atoms with Crippen LogP contribution in [-0.2, 0) is 30.2 Å². The second kappa shape index (κ2) is 14.2. The SMILES string of the molecule is CCC(C)N(Cc1cccn1Cc1cccc(OC)c1)C(=O)CN(CC(C)C)C(=O)c1cc(C(F)(F)F)cc(C(F)(F)F)c1. The predicted octanol–water partition coefficient (Wildman–Crippen LogP) is 7.51. The molecular weight excluding hydrogens is 588 g/mol. The van der Waals surface area contributed by atoms with Crippen LogP contribution >= 0.6 is 0 Å². The van der Waals surface area contributed by atoms with Crippen LogP contribution in [0.4, 0.5) is 26.3 Å². The van der Waals surface area contributed by atoms with Crippen LogP contribution in [0.1, 0.15) is 66.9 Å². The summed E-state index contributed by atoms with van der Waals surface area (Å²) in [6.07, 6.45) is -7.78. The minimum absolute atomic E-state index is 0.0278. The van der Waals surface area contributed by atoms with Gasteiger partial charge in [0.05, 0.1) is 24.8 Å². The van der Waals surface area contributed by atoms with E-state index in [1.807, 2.05) is 61.0 Å². The molecule has 0 N–H and O–H groups in total. The number of halogens is 6. The summed E-state index contributed by atoms with van der Waals surface area (Å²) in [6.45, 7) is 7.29. The van der Waals surface area contributed by atoms with Gasteiger partial charge in [-0.1, -0.05) is 32.9 Å². The van der Waals surface area contributed by atoms with Crippen LogP contribution < -0.4 is 4.74 Å². The lowest BCUT2D eigenvalue weighted by atomic mass is 10.0. The third-order valence-corrected chi connectivity index (χ3v) is 7.22. The maximum atomic E-state index is 13.7. The second-order valence-electron chi connectivity index (χ2n) is 11.1. The molecule has 12 heteroatoms. The summed E-state index contributed by atoms with van der Waals surface area (Å²) in [5, 5.41) is 0. The molecule has 1 heterocycles. The van der Waals surface area contributed by atoms with E-state index in [0.29, 0.717) is 30.8 Å². The molecule has 2 amide bonds. The first-order valence-electron chi connectivity index (χ1n) is 14.2. The molecule has 0 aliphatic carbocycles. The van der Waals surface area contributed by atoms with Gasteiger partial charge in [-0.2, -0.15) is 26.3 Å². The Hall–Kier alpha value is -3.96. The van der Waals surface area contributed by atoms with Crippen molar-refractivity contribution < 1.29 is 40.7 Å². The average Bonchev–Trinajstić information content (AvgIpc) is 3.39. The van der Waals surface area contributed by atoms with E-state index in [0.717, 1.165) is 16.2 Å². The molecule has 0 fully saturated rings. The van der Waals surface area contributed by atoms with E-state index in [1.54, 1.807) is 25.9 Å². The largest absolute Gasteiger partial charge is 0.497 e. The molecule has 2 aromatic carbocycles. The molecule has 240 valence electrons. The van der Waals surface area contributed by atoms with Crippen LogP contribution in [0.5, 0.6) is 5.75 Å². The minimum Gasteiger partial charge on any atom is -0.497 e. The van der Waals surface area contributed by atoms with Gasteiger partial charge in [-0.15, -0.1) is 0 Å². The van der Waals surface area contributed by atoms with E-state index in [4.69, 9.17) is 4.74 Å². The smallest absolute Gasteiger partial charge is 0.416 e. The third-order valence-electron chi connectivity index (χ3n) is 7.22. The normalized spacial score (nSPS) is 12.7. The van der Waals surface area contributed by atoms with Crippen molar-refractivity contribution in [2.45, 2.75) is 65.6 Å². The highest BCUT2D eigenvalue weighted by molar-refractivity contribution is 5.97. The molecule has 3 aromatic rings. The third kappa shape index (κ3) is 9.03. The van der Waals surface area contributed by atoms with E-state index in [1.165, 1.54) is 0 Å². The monoisotopic (exact) mass is 625 g/mol. The maximum absolute atomic E-state index is 13.7.